The lowest BCUT2D eigenvalue weighted by Gasteiger charge is -2.43. The SMILES string of the molecule is COC(=O)C(CC(F)(F)C(F)(F)C(F)(F)C(F)(F)C(F)(F)C(F)(F)C(F)(F)F)C(CC(F)(F)C(F)(F)C(F)(F)C(F)(F)C(F)(F)C(F)(F)C(F)(F)F)C(=O)OC. The average molecular weight is 910 g/mol. The van der Waals surface area contributed by atoms with Gasteiger partial charge >= 0.3 is 95.4 Å². The molecule has 0 aliphatic rings. The van der Waals surface area contributed by atoms with Crippen LogP contribution in [0, 0.1) is 11.8 Å². The van der Waals surface area contributed by atoms with E-state index >= 15 is 0 Å². The molecule has 0 spiro atoms. The van der Waals surface area contributed by atoms with Crippen LogP contribution >= 0.6 is 0 Å². The van der Waals surface area contributed by atoms with Crippen LogP contribution in [0.5, 0.6) is 0 Å². The molecule has 2 atom stereocenters. The quantitative estimate of drug-likeness (QED) is 0.108. The molecule has 0 aromatic rings. The van der Waals surface area contributed by atoms with E-state index in [1.165, 1.54) is 0 Å². The van der Waals surface area contributed by atoms with E-state index in [1.807, 2.05) is 0 Å². The Morgan fingerprint density at radius 1 is 0.321 bits per heavy atom. The number of esters is 2. The predicted molar refractivity (Wildman–Crippen MR) is 112 cm³/mol. The van der Waals surface area contributed by atoms with Crippen molar-refractivity contribution in [1.82, 2.24) is 0 Å². The van der Waals surface area contributed by atoms with Gasteiger partial charge in [0.15, 0.2) is 0 Å². The number of methoxy groups -OCH3 is 2. The van der Waals surface area contributed by atoms with Gasteiger partial charge in [-0.3, -0.25) is 9.59 Å². The summed E-state index contributed by atoms with van der Waals surface area (Å²) in [5.74, 6) is -120. The lowest BCUT2D eigenvalue weighted by molar-refractivity contribution is -0.453. The normalized spacial score (nSPS) is 17.1. The van der Waals surface area contributed by atoms with Gasteiger partial charge in [0.25, 0.3) is 0 Å². The van der Waals surface area contributed by atoms with Gasteiger partial charge in [-0.05, 0) is 0 Å². The van der Waals surface area contributed by atoms with Crippen molar-refractivity contribution in [3.8, 4) is 0 Å². The standard InChI is InChI=1S/C22H12F30O4/c1-55-7(53)5(3-9(23,24)11(27,28)13(31,32)15(35,36)17(39,40)19(43,44)21(47,48)49)6(8(54)56-2)4-10(25,26)12(29,30)14(33,34)16(37,38)18(41,42)20(45,46)22(50,51)52/h5-6H,3-4H2,1-2H3. The summed E-state index contributed by atoms with van der Waals surface area (Å²) in [5.41, 5.74) is 0. The maximum atomic E-state index is 14.6. The second-order valence-corrected chi connectivity index (χ2v) is 10.8. The number of halogens is 30. The maximum absolute atomic E-state index is 14.6. The summed E-state index contributed by atoms with van der Waals surface area (Å²) in [6.45, 7) is 0. The summed E-state index contributed by atoms with van der Waals surface area (Å²) in [6, 6.07) is 0. The van der Waals surface area contributed by atoms with Gasteiger partial charge in [-0.2, -0.15) is 132 Å². The van der Waals surface area contributed by atoms with E-state index in [0.29, 0.717) is 0 Å². The Kier molecular flexibility index (Phi) is 13.5. The van der Waals surface area contributed by atoms with Crippen LogP contribution in [0.15, 0.2) is 0 Å². The lowest BCUT2D eigenvalue weighted by atomic mass is 9.78. The molecule has 334 valence electrons. The Labute approximate surface area is 286 Å². The predicted octanol–water partition coefficient (Wildman–Crippen LogP) is 10.1. The number of hydrogen-bond acceptors (Lipinski definition) is 4. The summed E-state index contributed by atoms with van der Waals surface area (Å²) < 4.78 is 413. The molecule has 4 nitrogen and oxygen atoms in total. The van der Waals surface area contributed by atoms with E-state index in [0.717, 1.165) is 0 Å². The van der Waals surface area contributed by atoms with Gasteiger partial charge in [-0.15, -0.1) is 0 Å². The molecular weight excluding hydrogens is 898 g/mol. The monoisotopic (exact) mass is 910 g/mol. The Hall–Kier alpha value is -3.16. The maximum Gasteiger partial charge on any atom is 0.460 e. The zero-order valence-corrected chi connectivity index (χ0v) is 25.5. The van der Waals surface area contributed by atoms with Crippen LogP contribution in [0.2, 0.25) is 0 Å². The second-order valence-electron chi connectivity index (χ2n) is 10.8. The molecule has 0 fully saturated rings. The van der Waals surface area contributed by atoms with Crippen molar-refractivity contribution in [2.75, 3.05) is 14.2 Å². The minimum Gasteiger partial charge on any atom is -0.469 e. The van der Waals surface area contributed by atoms with Gasteiger partial charge in [0.05, 0.1) is 26.1 Å². The minimum atomic E-state index is -9.06. The fourth-order valence-electron chi connectivity index (χ4n) is 3.89. The fourth-order valence-corrected chi connectivity index (χ4v) is 3.89. The van der Waals surface area contributed by atoms with Crippen LogP contribution in [-0.2, 0) is 19.1 Å². The van der Waals surface area contributed by atoms with Crippen molar-refractivity contribution in [2.45, 2.75) is 96.3 Å². The van der Waals surface area contributed by atoms with Crippen LogP contribution in [-0.4, -0.2) is 110 Å². The highest BCUT2D eigenvalue weighted by atomic mass is 19.4. The molecule has 0 aromatic carbocycles. The Morgan fingerprint density at radius 3 is 0.643 bits per heavy atom. The highest BCUT2D eigenvalue weighted by molar-refractivity contribution is 5.82. The Bertz CT molecular complexity index is 1320. The molecule has 0 saturated carbocycles. The summed E-state index contributed by atoms with van der Waals surface area (Å²) >= 11 is 0. The second kappa shape index (κ2) is 14.3. The molecule has 0 heterocycles. The van der Waals surface area contributed by atoms with Crippen LogP contribution in [0.25, 0.3) is 0 Å². The van der Waals surface area contributed by atoms with E-state index in [9.17, 15) is 141 Å². The van der Waals surface area contributed by atoms with Gasteiger partial charge < -0.3 is 9.47 Å². The third-order valence-corrected chi connectivity index (χ3v) is 7.23. The van der Waals surface area contributed by atoms with Crippen molar-refractivity contribution in [2.24, 2.45) is 11.8 Å². The summed E-state index contributed by atoms with van der Waals surface area (Å²) in [6.07, 6.45) is -24.9. The summed E-state index contributed by atoms with van der Waals surface area (Å²) in [7, 11) is -0.653. The van der Waals surface area contributed by atoms with Crippen molar-refractivity contribution < 1.29 is 151 Å². The first-order valence-electron chi connectivity index (χ1n) is 12.7. The fraction of sp³-hybridized carbons (Fsp3) is 0.909. The van der Waals surface area contributed by atoms with Crippen molar-refractivity contribution in [3.63, 3.8) is 0 Å². The molecule has 56 heavy (non-hydrogen) atoms. The van der Waals surface area contributed by atoms with Gasteiger partial charge in [0.2, 0.25) is 0 Å². The number of carbonyl (C=O) groups excluding carboxylic acids is 2. The van der Waals surface area contributed by atoms with Crippen molar-refractivity contribution >= 4 is 11.9 Å². The first kappa shape index (κ1) is 52.8. The van der Waals surface area contributed by atoms with E-state index in [1.54, 1.807) is 0 Å². The van der Waals surface area contributed by atoms with Gasteiger partial charge in [0, 0.05) is 12.8 Å². The van der Waals surface area contributed by atoms with Gasteiger partial charge in [-0.25, -0.2) is 0 Å². The molecule has 34 heteroatoms. The molecule has 0 amide bonds. The number of alkyl halides is 30. The molecule has 0 aliphatic heterocycles. The summed E-state index contributed by atoms with van der Waals surface area (Å²) in [4.78, 5) is 24.0. The molecular formula is C22H12F30O4. The molecule has 2 unspecified atom stereocenters. The van der Waals surface area contributed by atoms with E-state index in [2.05, 4.69) is 9.47 Å². The summed E-state index contributed by atoms with van der Waals surface area (Å²) in [5, 5.41) is 0. The molecule has 0 aromatic heterocycles. The van der Waals surface area contributed by atoms with Crippen LogP contribution in [0.4, 0.5) is 132 Å². The molecule has 0 bridgehead atoms. The van der Waals surface area contributed by atoms with Crippen LogP contribution in [0.1, 0.15) is 12.8 Å². The van der Waals surface area contributed by atoms with Crippen molar-refractivity contribution in [3.05, 3.63) is 0 Å². The van der Waals surface area contributed by atoms with Crippen molar-refractivity contribution in [1.29, 1.82) is 0 Å². The molecule has 0 radical (unpaired) electrons. The third-order valence-electron chi connectivity index (χ3n) is 7.23. The Morgan fingerprint density at radius 2 is 0.482 bits per heavy atom. The van der Waals surface area contributed by atoms with E-state index in [-0.39, 0.29) is 14.2 Å². The molecule has 0 N–H and O–H groups in total. The average Bonchev–Trinajstić information content (AvgIpc) is 2.99. The van der Waals surface area contributed by atoms with Gasteiger partial charge in [-0.1, -0.05) is 0 Å². The van der Waals surface area contributed by atoms with E-state index < -0.39 is 120 Å². The number of ether oxygens (including phenoxy) is 2. The third kappa shape index (κ3) is 7.38. The first-order chi connectivity index (χ1) is 23.9. The lowest BCUT2D eigenvalue weighted by Crippen LogP contribution is -2.73. The highest BCUT2D eigenvalue weighted by Gasteiger charge is 2.95. The molecule has 0 rings (SSSR count). The zero-order valence-electron chi connectivity index (χ0n) is 25.5. The number of hydrogen-bond donors (Lipinski definition) is 0. The topological polar surface area (TPSA) is 52.6 Å². The first-order valence-corrected chi connectivity index (χ1v) is 12.7. The zero-order chi connectivity index (χ0) is 46.1. The van der Waals surface area contributed by atoms with E-state index in [4.69, 9.17) is 0 Å². The van der Waals surface area contributed by atoms with Gasteiger partial charge in [0.1, 0.15) is 0 Å². The largest absolute Gasteiger partial charge is 0.469 e. The minimum absolute atomic E-state index is 0.327. The molecule has 0 saturated heterocycles. The number of rotatable bonds is 17. The smallest absolute Gasteiger partial charge is 0.460 e. The Balaban J connectivity index is 7.59. The number of carbonyl (C=O) groups is 2. The van der Waals surface area contributed by atoms with Crippen LogP contribution < -0.4 is 0 Å². The highest BCUT2D eigenvalue weighted by Crippen LogP contribution is 2.65. The van der Waals surface area contributed by atoms with Crippen LogP contribution in [0.3, 0.4) is 0 Å². The molecule has 0 aliphatic carbocycles.